The number of hydrogen-bond acceptors (Lipinski definition) is 4. The number of ether oxygens (including phenoxy) is 1. The molecule has 0 aliphatic carbocycles. The Labute approximate surface area is 131 Å². The van der Waals surface area contributed by atoms with E-state index >= 15 is 0 Å². The highest BCUT2D eigenvalue weighted by atomic mass is 79.9. The molecule has 1 heterocycles. The molecular weight excluding hydrogens is 334 g/mol. The summed E-state index contributed by atoms with van der Waals surface area (Å²) in [5.74, 6) is 1.20. The molecule has 0 saturated carbocycles. The minimum absolute atomic E-state index is 0.213. The first-order chi connectivity index (χ1) is 10.1. The van der Waals surface area contributed by atoms with Crippen LogP contribution < -0.4 is 15.4 Å². The lowest BCUT2D eigenvalue weighted by molar-refractivity contribution is 0.102. The Balaban J connectivity index is 2.10. The Bertz CT molecular complexity index is 629. The van der Waals surface area contributed by atoms with Crippen molar-refractivity contribution in [3.8, 4) is 5.75 Å². The number of anilines is 2. The van der Waals surface area contributed by atoms with Gasteiger partial charge in [0.25, 0.3) is 5.91 Å². The van der Waals surface area contributed by atoms with Crippen molar-refractivity contribution >= 4 is 33.3 Å². The molecule has 0 aliphatic heterocycles. The number of aromatic nitrogens is 1. The molecule has 1 aromatic carbocycles. The number of methoxy groups -OCH3 is 1. The molecule has 0 unspecified atom stereocenters. The number of carbonyl (C=O) groups excluding carboxylic acids is 1. The van der Waals surface area contributed by atoms with E-state index in [9.17, 15) is 4.79 Å². The van der Waals surface area contributed by atoms with Crippen molar-refractivity contribution in [1.29, 1.82) is 0 Å². The van der Waals surface area contributed by atoms with Crippen LogP contribution in [-0.4, -0.2) is 24.5 Å². The topological polar surface area (TPSA) is 63.2 Å². The fourth-order valence-electron chi connectivity index (χ4n) is 1.75. The first-order valence-electron chi connectivity index (χ1n) is 6.49. The number of carbonyl (C=O) groups is 1. The fraction of sp³-hybridized carbons (Fsp3) is 0.200. The minimum Gasteiger partial charge on any atom is -0.495 e. The third-order valence-corrected chi connectivity index (χ3v) is 3.45. The van der Waals surface area contributed by atoms with Crippen molar-refractivity contribution in [3.05, 3.63) is 46.6 Å². The molecule has 1 amide bonds. The molecule has 21 heavy (non-hydrogen) atoms. The molecule has 0 saturated heterocycles. The van der Waals surface area contributed by atoms with Crippen LogP contribution in [0.3, 0.4) is 0 Å². The summed E-state index contributed by atoms with van der Waals surface area (Å²) < 4.78 is 6.03. The molecule has 0 aliphatic rings. The predicted molar refractivity (Wildman–Crippen MR) is 87.0 cm³/mol. The van der Waals surface area contributed by atoms with Gasteiger partial charge in [-0.25, -0.2) is 4.98 Å². The Kier molecular flexibility index (Phi) is 5.16. The Morgan fingerprint density at radius 1 is 1.33 bits per heavy atom. The third-order valence-electron chi connectivity index (χ3n) is 2.79. The van der Waals surface area contributed by atoms with Crippen LogP contribution in [0.25, 0.3) is 0 Å². The highest BCUT2D eigenvalue weighted by molar-refractivity contribution is 9.10. The van der Waals surface area contributed by atoms with Gasteiger partial charge in [-0.1, -0.05) is 0 Å². The standard InChI is InChI=1S/C15H16BrN3O2/c1-3-17-14-7-4-10(9-18-14)15(20)19-11-5-6-12(16)13(8-11)21-2/h4-9H,3H2,1-2H3,(H,17,18)(H,19,20). The van der Waals surface area contributed by atoms with Gasteiger partial charge in [-0.2, -0.15) is 0 Å². The molecule has 2 aromatic rings. The maximum atomic E-state index is 12.1. The van der Waals surface area contributed by atoms with Crippen molar-refractivity contribution in [2.24, 2.45) is 0 Å². The summed E-state index contributed by atoms with van der Waals surface area (Å²) in [4.78, 5) is 16.3. The van der Waals surface area contributed by atoms with Gasteiger partial charge < -0.3 is 15.4 Å². The van der Waals surface area contributed by atoms with Gasteiger partial charge in [-0.15, -0.1) is 0 Å². The number of halogens is 1. The highest BCUT2D eigenvalue weighted by Crippen LogP contribution is 2.28. The summed E-state index contributed by atoms with van der Waals surface area (Å²) in [7, 11) is 1.58. The highest BCUT2D eigenvalue weighted by Gasteiger charge is 2.08. The average molecular weight is 350 g/mol. The normalized spacial score (nSPS) is 10.0. The lowest BCUT2D eigenvalue weighted by atomic mass is 10.2. The van der Waals surface area contributed by atoms with E-state index < -0.39 is 0 Å². The summed E-state index contributed by atoms with van der Waals surface area (Å²) in [6.45, 7) is 2.78. The number of hydrogen-bond donors (Lipinski definition) is 2. The molecule has 1 aromatic heterocycles. The largest absolute Gasteiger partial charge is 0.495 e. The molecule has 6 heteroatoms. The molecule has 0 atom stereocenters. The van der Waals surface area contributed by atoms with Crippen molar-refractivity contribution in [2.75, 3.05) is 24.3 Å². The second kappa shape index (κ2) is 7.08. The van der Waals surface area contributed by atoms with Crippen LogP contribution >= 0.6 is 15.9 Å². The summed E-state index contributed by atoms with van der Waals surface area (Å²) in [5, 5.41) is 5.89. The van der Waals surface area contributed by atoms with Crippen LogP contribution in [-0.2, 0) is 0 Å². The quantitative estimate of drug-likeness (QED) is 0.866. The van der Waals surface area contributed by atoms with Crippen LogP contribution in [0.2, 0.25) is 0 Å². The van der Waals surface area contributed by atoms with Gasteiger partial charge in [0.05, 0.1) is 17.1 Å². The summed E-state index contributed by atoms with van der Waals surface area (Å²) in [6.07, 6.45) is 1.55. The lowest BCUT2D eigenvalue weighted by Crippen LogP contribution is -2.12. The van der Waals surface area contributed by atoms with Gasteiger partial charge in [0.1, 0.15) is 11.6 Å². The first-order valence-corrected chi connectivity index (χ1v) is 7.28. The second-order valence-electron chi connectivity index (χ2n) is 4.27. The average Bonchev–Trinajstić information content (AvgIpc) is 2.50. The number of pyridine rings is 1. The Morgan fingerprint density at radius 2 is 2.14 bits per heavy atom. The van der Waals surface area contributed by atoms with E-state index in [1.54, 1.807) is 37.6 Å². The van der Waals surface area contributed by atoms with Crippen molar-refractivity contribution < 1.29 is 9.53 Å². The zero-order valence-electron chi connectivity index (χ0n) is 11.8. The molecule has 110 valence electrons. The molecular formula is C15H16BrN3O2. The third kappa shape index (κ3) is 3.95. The van der Waals surface area contributed by atoms with Gasteiger partial charge in [0.2, 0.25) is 0 Å². The monoisotopic (exact) mass is 349 g/mol. The summed E-state index contributed by atoms with van der Waals surface area (Å²) in [5.41, 5.74) is 1.16. The number of amides is 1. The van der Waals surface area contributed by atoms with Crippen LogP contribution in [0.1, 0.15) is 17.3 Å². The minimum atomic E-state index is -0.213. The van der Waals surface area contributed by atoms with Gasteiger partial charge >= 0.3 is 0 Å². The van der Waals surface area contributed by atoms with Crippen LogP contribution in [0.15, 0.2) is 41.0 Å². The molecule has 0 fully saturated rings. The Hall–Kier alpha value is -2.08. The van der Waals surface area contributed by atoms with E-state index in [1.165, 1.54) is 0 Å². The van der Waals surface area contributed by atoms with Crippen molar-refractivity contribution in [3.63, 3.8) is 0 Å². The predicted octanol–water partition coefficient (Wildman–Crippen LogP) is 3.54. The molecule has 5 nitrogen and oxygen atoms in total. The summed E-state index contributed by atoms with van der Waals surface area (Å²) >= 11 is 3.37. The van der Waals surface area contributed by atoms with E-state index in [2.05, 4.69) is 31.5 Å². The van der Waals surface area contributed by atoms with Crippen molar-refractivity contribution in [1.82, 2.24) is 4.98 Å². The molecule has 2 rings (SSSR count). The number of nitrogens with one attached hydrogen (secondary N) is 2. The van der Waals surface area contributed by atoms with Crippen LogP contribution in [0.4, 0.5) is 11.5 Å². The Morgan fingerprint density at radius 3 is 2.76 bits per heavy atom. The van der Waals surface area contributed by atoms with Gasteiger partial charge in [0.15, 0.2) is 0 Å². The SMILES string of the molecule is CCNc1ccc(C(=O)Nc2ccc(Br)c(OC)c2)cn1. The number of nitrogens with zero attached hydrogens (tertiary/aromatic N) is 1. The van der Waals surface area contributed by atoms with E-state index in [4.69, 9.17) is 4.74 Å². The smallest absolute Gasteiger partial charge is 0.257 e. The zero-order valence-corrected chi connectivity index (χ0v) is 13.4. The molecule has 0 radical (unpaired) electrons. The molecule has 0 bridgehead atoms. The van der Waals surface area contributed by atoms with E-state index in [0.717, 1.165) is 16.8 Å². The second-order valence-corrected chi connectivity index (χ2v) is 5.12. The van der Waals surface area contributed by atoms with E-state index in [0.29, 0.717) is 17.0 Å². The molecule has 0 spiro atoms. The van der Waals surface area contributed by atoms with E-state index in [-0.39, 0.29) is 5.91 Å². The number of benzene rings is 1. The maximum Gasteiger partial charge on any atom is 0.257 e. The van der Waals surface area contributed by atoms with Crippen molar-refractivity contribution in [2.45, 2.75) is 6.92 Å². The van der Waals surface area contributed by atoms with Crippen LogP contribution in [0.5, 0.6) is 5.75 Å². The number of rotatable bonds is 5. The van der Waals surface area contributed by atoms with E-state index in [1.807, 2.05) is 13.0 Å². The maximum absolute atomic E-state index is 12.1. The van der Waals surface area contributed by atoms with Gasteiger partial charge in [-0.05, 0) is 47.1 Å². The zero-order chi connectivity index (χ0) is 15.2. The molecule has 2 N–H and O–H groups in total. The van der Waals surface area contributed by atoms with Crippen LogP contribution in [0, 0.1) is 0 Å². The lowest BCUT2D eigenvalue weighted by Gasteiger charge is -2.09. The fourth-order valence-corrected chi connectivity index (χ4v) is 2.16. The van der Waals surface area contributed by atoms with Gasteiger partial charge in [-0.3, -0.25) is 4.79 Å². The first kappa shape index (κ1) is 15.3. The summed E-state index contributed by atoms with van der Waals surface area (Å²) in [6, 6.07) is 8.88. The van der Waals surface area contributed by atoms with Gasteiger partial charge in [0, 0.05) is 24.5 Å².